The van der Waals surface area contributed by atoms with E-state index in [1.165, 1.54) is 0 Å². The van der Waals surface area contributed by atoms with Crippen LogP contribution in [-0.2, 0) is 17.8 Å². The number of likely N-dealkylation sites (N-methyl/N-ethyl adjacent to an activating group) is 1. The lowest BCUT2D eigenvalue weighted by molar-refractivity contribution is -0.132. The number of aromatic nitrogens is 2. The highest BCUT2D eigenvalue weighted by Gasteiger charge is 2.22. The number of hydrogen-bond donors (Lipinski definition) is 0. The van der Waals surface area contributed by atoms with E-state index in [2.05, 4.69) is 19.9 Å². The second-order valence-electron chi connectivity index (χ2n) is 5.58. The van der Waals surface area contributed by atoms with Crippen LogP contribution in [0.3, 0.4) is 0 Å². The van der Waals surface area contributed by atoms with Crippen LogP contribution < -0.4 is 0 Å². The van der Waals surface area contributed by atoms with Gasteiger partial charge in [0.05, 0.1) is 13.1 Å². The van der Waals surface area contributed by atoms with Crippen LogP contribution in [0.1, 0.15) is 32.5 Å². The molecule has 0 unspecified atom stereocenters. The van der Waals surface area contributed by atoms with Gasteiger partial charge in [-0.1, -0.05) is 12.1 Å². The highest BCUT2D eigenvalue weighted by atomic mass is 16.5. The fourth-order valence-corrected chi connectivity index (χ4v) is 2.66. The molecule has 1 saturated heterocycles. The van der Waals surface area contributed by atoms with Crippen molar-refractivity contribution in [2.75, 3.05) is 45.8 Å². The molecule has 0 spiro atoms. The third-order valence-corrected chi connectivity index (χ3v) is 4.13. The lowest BCUT2D eigenvalue weighted by atomic mass is 10.3. The molecule has 1 aliphatic rings. The van der Waals surface area contributed by atoms with E-state index in [4.69, 9.17) is 4.52 Å². The number of amides is 1. The van der Waals surface area contributed by atoms with Crippen molar-refractivity contribution in [2.45, 2.75) is 33.7 Å². The van der Waals surface area contributed by atoms with Crippen LogP contribution in [0.4, 0.5) is 0 Å². The summed E-state index contributed by atoms with van der Waals surface area (Å²) in [6.07, 6.45) is 0.796. The summed E-state index contributed by atoms with van der Waals surface area (Å²) < 4.78 is 5.23. The number of nitrogens with zero attached hydrogens (tertiary/aromatic N) is 5. The predicted octanol–water partition coefficient (Wildman–Crippen LogP) is 0.618. The zero-order chi connectivity index (χ0) is 15.9. The van der Waals surface area contributed by atoms with Crippen molar-refractivity contribution in [2.24, 2.45) is 0 Å². The standard InChI is InChI=1S/C15H27N5O2/c1-4-13-16-14(22-17-13)11-18-7-9-19(10-8-18)12-15(21)20(5-2)6-3/h4-12H2,1-3H3. The first-order chi connectivity index (χ1) is 10.7. The van der Waals surface area contributed by atoms with Crippen LogP contribution in [-0.4, -0.2) is 76.6 Å². The predicted molar refractivity (Wildman–Crippen MR) is 83.3 cm³/mol. The monoisotopic (exact) mass is 309 g/mol. The van der Waals surface area contributed by atoms with Gasteiger partial charge in [-0.05, 0) is 13.8 Å². The van der Waals surface area contributed by atoms with Gasteiger partial charge >= 0.3 is 0 Å². The Labute approximate surface area is 132 Å². The van der Waals surface area contributed by atoms with Crippen molar-refractivity contribution in [3.8, 4) is 0 Å². The van der Waals surface area contributed by atoms with Gasteiger partial charge in [0, 0.05) is 45.7 Å². The van der Waals surface area contributed by atoms with E-state index >= 15 is 0 Å². The third-order valence-electron chi connectivity index (χ3n) is 4.13. The van der Waals surface area contributed by atoms with Gasteiger partial charge in [-0.15, -0.1) is 0 Å². The molecule has 1 aliphatic heterocycles. The molecular weight excluding hydrogens is 282 g/mol. The number of carbonyl (C=O) groups is 1. The molecule has 0 aliphatic carbocycles. The van der Waals surface area contributed by atoms with Gasteiger partial charge in [-0.2, -0.15) is 4.98 Å². The summed E-state index contributed by atoms with van der Waals surface area (Å²) in [6.45, 7) is 12.5. The molecular formula is C15H27N5O2. The number of hydrogen-bond acceptors (Lipinski definition) is 6. The largest absolute Gasteiger partial charge is 0.342 e. The van der Waals surface area contributed by atoms with E-state index in [1.54, 1.807) is 0 Å². The summed E-state index contributed by atoms with van der Waals surface area (Å²) in [4.78, 5) is 22.9. The topological polar surface area (TPSA) is 65.7 Å². The second-order valence-corrected chi connectivity index (χ2v) is 5.58. The minimum absolute atomic E-state index is 0.225. The molecule has 1 aromatic heterocycles. The highest BCUT2D eigenvalue weighted by molar-refractivity contribution is 5.78. The van der Waals surface area contributed by atoms with Gasteiger partial charge in [0.1, 0.15) is 0 Å². The summed E-state index contributed by atoms with van der Waals surface area (Å²) in [6, 6.07) is 0. The SMILES string of the molecule is CCc1noc(CN2CCN(CC(=O)N(CC)CC)CC2)n1. The van der Waals surface area contributed by atoms with Gasteiger partial charge in [0.25, 0.3) is 0 Å². The Balaban J connectivity index is 1.74. The molecule has 0 saturated carbocycles. The van der Waals surface area contributed by atoms with E-state index in [9.17, 15) is 4.79 Å². The summed E-state index contributed by atoms with van der Waals surface area (Å²) in [5, 5.41) is 3.92. The Bertz CT molecular complexity index is 464. The highest BCUT2D eigenvalue weighted by Crippen LogP contribution is 2.08. The summed E-state index contributed by atoms with van der Waals surface area (Å²) in [5.41, 5.74) is 0. The summed E-state index contributed by atoms with van der Waals surface area (Å²) in [5.74, 6) is 1.67. The Morgan fingerprint density at radius 1 is 1.14 bits per heavy atom. The van der Waals surface area contributed by atoms with Gasteiger partial charge < -0.3 is 9.42 Å². The smallest absolute Gasteiger partial charge is 0.240 e. The molecule has 124 valence electrons. The maximum absolute atomic E-state index is 12.1. The second kappa shape index (κ2) is 8.24. The summed E-state index contributed by atoms with van der Waals surface area (Å²) >= 11 is 0. The van der Waals surface area contributed by atoms with Crippen LogP contribution in [0.25, 0.3) is 0 Å². The Morgan fingerprint density at radius 2 is 1.77 bits per heavy atom. The number of rotatable bonds is 7. The first-order valence-corrected chi connectivity index (χ1v) is 8.20. The molecule has 1 fully saturated rings. The molecule has 7 nitrogen and oxygen atoms in total. The first kappa shape index (κ1) is 16.9. The van der Waals surface area contributed by atoms with Crippen LogP contribution in [0.5, 0.6) is 0 Å². The molecule has 7 heteroatoms. The molecule has 0 aromatic carbocycles. The molecule has 0 bridgehead atoms. The van der Waals surface area contributed by atoms with Crippen LogP contribution in [0.2, 0.25) is 0 Å². The first-order valence-electron chi connectivity index (χ1n) is 8.20. The molecule has 22 heavy (non-hydrogen) atoms. The van der Waals surface area contributed by atoms with Crippen molar-refractivity contribution in [3.05, 3.63) is 11.7 Å². The fourth-order valence-electron chi connectivity index (χ4n) is 2.66. The van der Waals surface area contributed by atoms with Crippen LogP contribution >= 0.6 is 0 Å². The van der Waals surface area contributed by atoms with Gasteiger partial charge in [-0.25, -0.2) is 0 Å². The van der Waals surface area contributed by atoms with E-state index in [0.717, 1.165) is 51.5 Å². The average Bonchev–Trinajstić information content (AvgIpc) is 2.98. The number of piperazine rings is 1. The Kier molecular flexibility index (Phi) is 6.33. The fraction of sp³-hybridized carbons (Fsp3) is 0.800. The van der Waals surface area contributed by atoms with Crippen LogP contribution in [0, 0.1) is 0 Å². The molecule has 0 atom stereocenters. The molecule has 0 radical (unpaired) electrons. The van der Waals surface area contributed by atoms with E-state index in [1.807, 2.05) is 25.7 Å². The molecule has 1 amide bonds. The van der Waals surface area contributed by atoms with Crippen molar-refractivity contribution >= 4 is 5.91 Å². The van der Waals surface area contributed by atoms with Gasteiger partial charge in [0.15, 0.2) is 5.82 Å². The minimum Gasteiger partial charge on any atom is -0.342 e. The van der Waals surface area contributed by atoms with Gasteiger partial charge in [0.2, 0.25) is 11.8 Å². The van der Waals surface area contributed by atoms with Crippen molar-refractivity contribution in [3.63, 3.8) is 0 Å². The quantitative estimate of drug-likeness (QED) is 0.735. The minimum atomic E-state index is 0.225. The maximum atomic E-state index is 12.1. The molecule has 1 aromatic rings. The molecule has 2 rings (SSSR count). The number of aryl methyl sites for hydroxylation is 1. The van der Waals surface area contributed by atoms with Crippen LogP contribution in [0.15, 0.2) is 4.52 Å². The normalized spacial score (nSPS) is 16.9. The number of carbonyl (C=O) groups excluding carboxylic acids is 1. The van der Waals surface area contributed by atoms with Crippen molar-refractivity contribution < 1.29 is 9.32 Å². The zero-order valence-electron chi connectivity index (χ0n) is 13.9. The summed E-state index contributed by atoms with van der Waals surface area (Å²) in [7, 11) is 0. The third kappa shape index (κ3) is 4.51. The average molecular weight is 309 g/mol. The van der Waals surface area contributed by atoms with Crippen molar-refractivity contribution in [1.29, 1.82) is 0 Å². The van der Waals surface area contributed by atoms with E-state index in [-0.39, 0.29) is 5.91 Å². The Morgan fingerprint density at radius 3 is 2.32 bits per heavy atom. The maximum Gasteiger partial charge on any atom is 0.240 e. The lowest BCUT2D eigenvalue weighted by Gasteiger charge is -2.34. The molecule has 2 heterocycles. The molecule has 0 N–H and O–H groups in total. The lowest BCUT2D eigenvalue weighted by Crippen LogP contribution is -2.49. The zero-order valence-corrected chi connectivity index (χ0v) is 13.9. The van der Waals surface area contributed by atoms with E-state index < -0.39 is 0 Å². The van der Waals surface area contributed by atoms with Gasteiger partial charge in [-0.3, -0.25) is 14.6 Å². The Hall–Kier alpha value is -1.47. The van der Waals surface area contributed by atoms with E-state index in [0.29, 0.717) is 19.0 Å². The van der Waals surface area contributed by atoms with Crippen molar-refractivity contribution in [1.82, 2.24) is 24.8 Å².